The van der Waals surface area contributed by atoms with E-state index in [0.29, 0.717) is 11.7 Å². The van der Waals surface area contributed by atoms with Crippen molar-refractivity contribution < 1.29 is 4.79 Å². The van der Waals surface area contributed by atoms with E-state index < -0.39 is 0 Å². The monoisotopic (exact) mass is 237 g/mol. The summed E-state index contributed by atoms with van der Waals surface area (Å²) < 4.78 is 0. The van der Waals surface area contributed by atoms with Gasteiger partial charge in [0, 0.05) is 19.0 Å². The Bertz CT molecular complexity index is 361. The van der Waals surface area contributed by atoms with Crippen LogP contribution < -0.4 is 0 Å². The number of rotatable bonds is 4. The highest BCUT2D eigenvalue weighted by atomic mass is 32.2. The van der Waals surface area contributed by atoms with E-state index in [0.717, 1.165) is 0 Å². The lowest BCUT2D eigenvalue weighted by atomic mass is 10.0. The molecule has 0 aliphatic heterocycles. The second-order valence-electron chi connectivity index (χ2n) is 4.30. The first kappa shape index (κ1) is 13.1. The molecule has 0 atom stereocenters. The molecule has 1 aromatic carbocycles. The van der Waals surface area contributed by atoms with Crippen LogP contribution in [0.2, 0.25) is 0 Å². The minimum absolute atomic E-state index is 0.153. The molecule has 0 heterocycles. The van der Waals surface area contributed by atoms with E-state index in [-0.39, 0.29) is 5.91 Å². The highest BCUT2D eigenvalue weighted by molar-refractivity contribution is 8.00. The van der Waals surface area contributed by atoms with Gasteiger partial charge in [0.05, 0.1) is 5.75 Å². The lowest BCUT2D eigenvalue weighted by molar-refractivity contribution is -0.125. The van der Waals surface area contributed by atoms with Crippen LogP contribution in [0, 0.1) is 0 Å². The predicted molar refractivity (Wildman–Crippen MR) is 69.9 cm³/mol. The van der Waals surface area contributed by atoms with Gasteiger partial charge in [-0.15, -0.1) is 11.8 Å². The van der Waals surface area contributed by atoms with Gasteiger partial charge in [0.1, 0.15) is 0 Å². The zero-order valence-electron chi connectivity index (χ0n) is 10.4. The minimum Gasteiger partial charge on any atom is -0.348 e. The Labute approximate surface area is 102 Å². The smallest absolute Gasteiger partial charge is 0.232 e. The van der Waals surface area contributed by atoms with Crippen molar-refractivity contribution in [1.29, 1.82) is 0 Å². The molecule has 0 aromatic heterocycles. The third-order valence-corrected chi connectivity index (χ3v) is 3.36. The fourth-order valence-electron chi connectivity index (χ4n) is 1.24. The van der Waals surface area contributed by atoms with E-state index in [9.17, 15) is 4.79 Å². The summed E-state index contributed by atoms with van der Waals surface area (Å²) in [6.07, 6.45) is 0. The predicted octanol–water partition coefficient (Wildman–Crippen LogP) is 2.99. The van der Waals surface area contributed by atoms with Gasteiger partial charge in [0.25, 0.3) is 0 Å². The molecule has 0 aliphatic rings. The van der Waals surface area contributed by atoms with E-state index in [1.54, 1.807) is 30.8 Å². The molecule has 1 rings (SSSR count). The Morgan fingerprint density at radius 1 is 1.38 bits per heavy atom. The maximum atomic E-state index is 11.4. The number of amides is 1. The Morgan fingerprint density at radius 3 is 2.62 bits per heavy atom. The van der Waals surface area contributed by atoms with Crippen LogP contribution in [0.3, 0.4) is 0 Å². The molecular weight excluding hydrogens is 218 g/mol. The molecule has 0 N–H and O–H groups in total. The topological polar surface area (TPSA) is 20.3 Å². The molecule has 1 aromatic rings. The van der Waals surface area contributed by atoms with Gasteiger partial charge >= 0.3 is 0 Å². The molecule has 0 radical (unpaired) electrons. The lowest BCUT2D eigenvalue weighted by Gasteiger charge is -2.11. The number of carbonyl (C=O) groups is 1. The van der Waals surface area contributed by atoms with Crippen LogP contribution in [-0.2, 0) is 4.79 Å². The third kappa shape index (κ3) is 3.89. The van der Waals surface area contributed by atoms with E-state index in [2.05, 4.69) is 38.1 Å². The normalized spacial score (nSPS) is 10.6. The summed E-state index contributed by atoms with van der Waals surface area (Å²) in [5.74, 6) is 1.19. The SMILES string of the molecule is CC(C)c1cccc(SCC(=O)N(C)C)c1. The Hall–Kier alpha value is -0.960. The fourth-order valence-corrected chi connectivity index (χ4v) is 2.18. The van der Waals surface area contributed by atoms with Crippen LogP contribution >= 0.6 is 11.8 Å². The molecule has 0 saturated heterocycles. The molecule has 0 spiro atoms. The summed E-state index contributed by atoms with van der Waals surface area (Å²) in [6, 6.07) is 8.40. The fraction of sp³-hybridized carbons (Fsp3) is 0.462. The maximum absolute atomic E-state index is 11.4. The van der Waals surface area contributed by atoms with Gasteiger partial charge in [0.15, 0.2) is 0 Å². The number of hydrogen-bond acceptors (Lipinski definition) is 2. The van der Waals surface area contributed by atoms with Crippen molar-refractivity contribution in [2.45, 2.75) is 24.7 Å². The van der Waals surface area contributed by atoms with Crippen LogP contribution in [0.25, 0.3) is 0 Å². The highest BCUT2D eigenvalue weighted by Crippen LogP contribution is 2.23. The summed E-state index contributed by atoms with van der Waals surface area (Å²) in [5.41, 5.74) is 1.32. The summed E-state index contributed by atoms with van der Waals surface area (Å²) in [6.45, 7) is 4.35. The van der Waals surface area contributed by atoms with E-state index in [1.807, 2.05) is 0 Å². The standard InChI is InChI=1S/C13H19NOS/c1-10(2)11-6-5-7-12(8-11)16-9-13(15)14(3)4/h5-8,10H,9H2,1-4H3. The van der Waals surface area contributed by atoms with Crippen molar-refractivity contribution >= 4 is 17.7 Å². The first-order valence-corrected chi connectivity index (χ1v) is 6.42. The van der Waals surface area contributed by atoms with Crippen LogP contribution in [-0.4, -0.2) is 30.7 Å². The minimum atomic E-state index is 0.153. The first-order valence-electron chi connectivity index (χ1n) is 5.43. The van der Waals surface area contributed by atoms with Crippen LogP contribution in [0.5, 0.6) is 0 Å². The zero-order valence-corrected chi connectivity index (χ0v) is 11.2. The molecule has 0 unspecified atom stereocenters. The molecule has 0 saturated carbocycles. The highest BCUT2D eigenvalue weighted by Gasteiger charge is 2.06. The summed E-state index contributed by atoms with van der Waals surface area (Å²) in [4.78, 5) is 14.2. The quantitative estimate of drug-likeness (QED) is 0.750. The third-order valence-electron chi connectivity index (χ3n) is 2.39. The van der Waals surface area contributed by atoms with Crippen LogP contribution in [0.15, 0.2) is 29.2 Å². The first-order chi connectivity index (χ1) is 7.50. The summed E-state index contributed by atoms with van der Waals surface area (Å²) >= 11 is 1.60. The Morgan fingerprint density at radius 2 is 2.06 bits per heavy atom. The van der Waals surface area contributed by atoms with Crippen LogP contribution in [0.1, 0.15) is 25.3 Å². The van der Waals surface area contributed by atoms with Crippen LogP contribution in [0.4, 0.5) is 0 Å². The van der Waals surface area contributed by atoms with Gasteiger partial charge < -0.3 is 4.90 Å². The van der Waals surface area contributed by atoms with Crippen molar-refractivity contribution in [3.8, 4) is 0 Å². The lowest BCUT2D eigenvalue weighted by Crippen LogP contribution is -2.23. The Balaban J connectivity index is 2.61. The average Bonchev–Trinajstić information content (AvgIpc) is 2.26. The zero-order chi connectivity index (χ0) is 12.1. The second-order valence-corrected chi connectivity index (χ2v) is 5.35. The average molecular weight is 237 g/mol. The molecular formula is C13H19NOS. The van der Waals surface area contributed by atoms with Gasteiger partial charge in [0.2, 0.25) is 5.91 Å². The number of hydrogen-bond donors (Lipinski definition) is 0. The van der Waals surface area contributed by atoms with Crippen molar-refractivity contribution in [2.24, 2.45) is 0 Å². The van der Waals surface area contributed by atoms with E-state index in [4.69, 9.17) is 0 Å². The van der Waals surface area contributed by atoms with E-state index >= 15 is 0 Å². The Kier molecular flexibility index (Phi) is 4.87. The van der Waals surface area contributed by atoms with Crippen molar-refractivity contribution in [1.82, 2.24) is 4.90 Å². The molecule has 0 fully saturated rings. The number of nitrogens with zero attached hydrogens (tertiary/aromatic N) is 1. The molecule has 2 nitrogen and oxygen atoms in total. The number of benzene rings is 1. The molecule has 0 aliphatic carbocycles. The van der Waals surface area contributed by atoms with Crippen molar-refractivity contribution in [2.75, 3.05) is 19.8 Å². The van der Waals surface area contributed by atoms with Gasteiger partial charge in [-0.2, -0.15) is 0 Å². The molecule has 1 amide bonds. The van der Waals surface area contributed by atoms with Crippen molar-refractivity contribution in [3.05, 3.63) is 29.8 Å². The summed E-state index contributed by atoms with van der Waals surface area (Å²) in [7, 11) is 3.57. The largest absolute Gasteiger partial charge is 0.348 e. The van der Waals surface area contributed by atoms with E-state index in [1.165, 1.54) is 10.5 Å². The summed E-state index contributed by atoms with van der Waals surface area (Å²) in [5, 5.41) is 0. The van der Waals surface area contributed by atoms with Crippen molar-refractivity contribution in [3.63, 3.8) is 0 Å². The maximum Gasteiger partial charge on any atom is 0.232 e. The van der Waals surface area contributed by atoms with Gasteiger partial charge in [-0.05, 0) is 23.6 Å². The number of carbonyl (C=O) groups excluding carboxylic acids is 1. The number of thioether (sulfide) groups is 1. The molecule has 88 valence electrons. The molecule has 3 heteroatoms. The molecule has 16 heavy (non-hydrogen) atoms. The van der Waals surface area contributed by atoms with Gasteiger partial charge in [-0.3, -0.25) is 4.79 Å². The van der Waals surface area contributed by atoms with Gasteiger partial charge in [-0.1, -0.05) is 26.0 Å². The second kappa shape index (κ2) is 5.94. The molecule has 0 bridgehead atoms. The van der Waals surface area contributed by atoms with Gasteiger partial charge in [-0.25, -0.2) is 0 Å².